The minimum absolute atomic E-state index is 0.0210. The van der Waals surface area contributed by atoms with Crippen LogP contribution in [0.25, 0.3) is 10.2 Å². The molecule has 1 saturated heterocycles. The van der Waals surface area contributed by atoms with E-state index in [2.05, 4.69) is 11.9 Å². The Morgan fingerprint density at radius 2 is 2.29 bits per heavy atom. The highest BCUT2D eigenvalue weighted by molar-refractivity contribution is 8.00. The second kappa shape index (κ2) is 5.81. The first-order valence-electron chi connectivity index (χ1n) is 7.00. The predicted molar refractivity (Wildman–Crippen MR) is 84.2 cm³/mol. The molecule has 1 atom stereocenters. The van der Waals surface area contributed by atoms with E-state index in [0.717, 1.165) is 16.1 Å². The Morgan fingerprint density at radius 1 is 1.48 bits per heavy atom. The summed E-state index contributed by atoms with van der Waals surface area (Å²) in [6, 6.07) is 1.93. The summed E-state index contributed by atoms with van der Waals surface area (Å²) in [4.78, 5) is 30.7. The van der Waals surface area contributed by atoms with Gasteiger partial charge >= 0.3 is 5.97 Å². The van der Waals surface area contributed by atoms with Gasteiger partial charge in [-0.1, -0.05) is 18.7 Å². The Hall–Kier alpha value is -1.34. The first-order valence-corrected chi connectivity index (χ1v) is 8.70. The third-order valence-electron chi connectivity index (χ3n) is 3.47. The van der Waals surface area contributed by atoms with Gasteiger partial charge in [-0.2, -0.15) is 0 Å². The zero-order valence-corrected chi connectivity index (χ0v) is 13.6. The molecule has 2 aromatic rings. The topological polar surface area (TPSA) is 61.2 Å². The first kappa shape index (κ1) is 14.6. The van der Waals surface area contributed by atoms with Crippen LogP contribution in [0, 0.1) is 0 Å². The van der Waals surface area contributed by atoms with Crippen molar-refractivity contribution in [3.05, 3.63) is 21.3 Å². The summed E-state index contributed by atoms with van der Waals surface area (Å²) in [5.41, 5.74) is -0.0210. The van der Waals surface area contributed by atoms with Gasteiger partial charge in [0.25, 0.3) is 5.56 Å². The van der Waals surface area contributed by atoms with E-state index in [0.29, 0.717) is 30.1 Å². The number of esters is 1. The predicted octanol–water partition coefficient (Wildman–Crippen LogP) is 2.45. The molecule has 3 rings (SSSR count). The molecule has 0 unspecified atom stereocenters. The van der Waals surface area contributed by atoms with Crippen LogP contribution < -0.4 is 5.56 Å². The summed E-state index contributed by atoms with van der Waals surface area (Å²) in [5.74, 6) is -0.211. The van der Waals surface area contributed by atoms with Crippen molar-refractivity contribution in [1.29, 1.82) is 0 Å². The largest absolute Gasteiger partial charge is 0.465 e. The fourth-order valence-corrected chi connectivity index (χ4v) is 4.43. The molecule has 0 radical (unpaired) electrons. The van der Waals surface area contributed by atoms with Crippen molar-refractivity contribution < 1.29 is 9.53 Å². The smallest absolute Gasteiger partial charge is 0.319 e. The summed E-state index contributed by atoms with van der Waals surface area (Å²) in [5, 5.41) is 1.04. The van der Waals surface area contributed by atoms with Crippen LogP contribution in [-0.2, 0) is 22.5 Å². The molecule has 0 N–H and O–H groups in total. The fraction of sp³-hybridized carbons (Fsp3) is 0.500. The Bertz CT molecular complexity index is 750. The van der Waals surface area contributed by atoms with Gasteiger partial charge in [-0.3, -0.25) is 14.2 Å². The van der Waals surface area contributed by atoms with Crippen molar-refractivity contribution >= 4 is 39.3 Å². The van der Waals surface area contributed by atoms with Crippen molar-refractivity contribution in [1.82, 2.24) is 9.55 Å². The summed E-state index contributed by atoms with van der Waals surface area (Å²) >= 11 is 2.89. The highest BCUT2D eigenvalue weighted by Crippen LogP contribution is 2.30. The van der Waals surface area contributed by atoms with Crippen LogP contribution in [0.1, 0.15) is 25.1 Å². The van der Waals surface area contributed by atoms with E-state index < -0.39 is 0 Å². The van der Waals surface area contributed by atoms with Gasteiger partial charge in [0.15, 0.2) is 5.16 Å². The number of thiophene rings is 1. The molecule has 1 fully saturated rings. The number of carbonyl (C=O) groups is 1. The molecule has 0 spiro atoms. The molecule has 1 aliphatic heterocycles. The van der Waals surface area contributed by atoms with Crippen molar-refractivity contribution in [3.8, 4) is 0 Å². The molecule has 0 amide bonds. The van der Waals surface area contributed by atoms with Crippen molar-refractivity contribution in [3.63, 3.8) is 0 Å². The number of thioether (sulfide) groups is 1. The fourth-order valence-electron chi connectivity index (χ4n) is 2.30. The van der Waals surface area contributed by atoms with Gasteiger partial charge in [-0.25, -0.2) is 4.98 Å². The van der Waals surface area contributed by atoms with Crippen LogP contribution in [-0.4, -0.2) is 27.4 Å². The molecule has 2 aromatic heterocycles. The monoisotopic (exact) mass is 324 g/mol. The van der Waals surface area contributed by atoms with Gasteiger partial charge in [-0.05, 0) is 19.4 Å². The lowest BCUT2D eigenvalue weighted by Crippen LogP contribution is -2.23. The third-order valence-corrected chi connectivity index (χ3v) is 5.88. The first-order chi connectivity index (χ1) is 10.1. The van der Waals surface area contributed by atoms with Gasteiger partial charge in [-0.15, -0.1) is 11.3 Å². The van der Waals surface area contributed by atoms with Gasteiger partial charge < -0.3 is 4.74 Å². The van der Waals surface area contributed by atoms with Crippen LogP contribution in [0.4, 0.5) is 0 Å². The lowest BCUT2D eigenvalue weighted by Gasteiger charge is -2.11. The highest BCUT2D eigenvalue weighted by atomic mass is 32.2. The number of nitrogens with zero attached hydrogens (tertiary/aromatic N) is 2. The molecule has 0 saturated carbocycles. The number of ether oxygens (including phenoxy) is 1. The van der Waals surface area contributed by atoms with Crippen molar-refractivity contribution in [2.45, 2.75) is 43.6 Å². The zero-order valence-electron chi connectivity index (χ0n) is 11.9. The number of rotatable bonds is 4. The molecule has 112 valence electrons. The lowest BCUT2D eigenvalue weighted by atomic mass is 10.3. The quantitative estimate of drug-likeness (QED) is 0.638. The van der Waals surface area contributed by atoms with Crippen LogP contribution >= 0.6 is 23.1 Å². The SMILES string of the molecule is CCc1cc2c(=O)n(CC)c(S[C@H]3CCOC3=O)nc2s1. The molecular formula is C14H16N2O3S2. The van der Waals surface area contributed by atoms with E-state index in [4.69, 9.17) is 4.74 Å². The number of carbonyl (C=O) groups excluding carboxylic acids is 1. The number of aryl methyl sites for hydroxylation is 1. The third kappa shape index (κ3) is 2.60. The van der Waals surface area contributed by atoms with Crippen LogP contribution in [0.5, 0.6) is 0 Å². The highest BCUT2D eigenvalue weighted by Gasteiger charge is 2.29. The number of aromatic nitrogens is 2. The van der Waals surface area contributed by atoms with Crippen molar-refractivity contribution in [2.75, 3.05) is 6.61 Å². The van der Waals surface area contributed by atoms with Crippen molar-refractivity contribution in [2.24, 2.45) is 0 Å². The standard InChI is InChI=1S/C14H16N2O3S2/c1-3-8-7-9-11(20-8)15-14(16(4-2)12(9)17)21-10-5-6-19-13(10)18/h7,10H,3-6H2,1-2H3/t10-/m0/s1. The Balaban J connectivity index is 2.08. The maximum absolute atomic E-state index is 12.6. The molecule has 0 aliphatic carbocycles. The molecule has 0 aromatic carbocycles. The summed E-state index contributed by atoms with van der Waals surface area (Å²) < 4.78 is 6.62. The van der Waals surface area contributed by atoms with Gasteiger partial charge in [0, 0.05) is 17.8 Å². The van der Waals surface area contributed by atoms with E-state index in [1.807, 2.05) is 13.0 Å². The summed E-state index contributed by atoms with van der Waals surface area (Å²) in [6.45, 7) is 4.98. The van der Waals surface area contributed by atoms with Gasteiger partial charge in [0.1, 0.15) is 10.1 Å². The maximum atomic E-state index is 12.6. The molecule has 21 heavy (non-hydrogen) atoms. The second-order valence-electron chi connectivity index (χ2n) is 4.79. The Labute approximate surface area is 130 Å². The van der Waals surface area contributed by atoms with E-state index in [-0.39, 0.29) is 16.8 Å². The number of hydrogen-bond acceptors (Lipinski definition) is 6. The van der Waals surface area contributed by atoms with Gasteiger partial charge in [0.05, 0.1) is 12.0 Å². The van der Waals surface area contributed by atoms with E-state index >= 15 is 0 Å². The average molecular weight is 324 g/mol. The van der Waals surface area contributed by atoms with E-state index in [1.165, 1.54) is 11.8 Å². The number of hydrogen-bond donors (Lipinski definition) is 0. The molecule has 7 heteroatoms. The van der Waals surface area contributed by atoms with Crippen LogP contribution in [0.15, 0.2) is 16.0 Å². The second-order valence-corrected chi connectivity index (χ2v) is 7.08. The molecule has 3 heterocycles. The minimum Gasteiger partial charge on any atom is -0.465 e. The maximum Gasteiger partial charge on any atom is 0.319 e. The number of fused-ring (bicyclic) bond motifs is 1. The Kier molecular flexibility index (Phi) is 4.03. The van der Waals surface area contributed by atoms with E-state index in [9.17, 15) is 9.59 Å². The minimum atomic E-state index is -0.252. The summed E-state index contributed by atoms with van der Waals surface area (Å²) in [6.07, 6.45) is 1.57. The average Bonchev–Trinajstić information content (AvgIpc) is 3.06. The Morgan fingerprint density at radius 3 is 2.90 bits per heavy atom. The molecule has 0 bridgehead atoms. The molecular weight excluding hydrogens is 308 g/mol. The number of cyclic esters (lactones) is 1. The molecule has 1 aliphatic rings. The van der Waals surface area contributed by atoms with Gasteiger partial charge in [0.2, 0.25) is 0 Å². The lowest BCUT2D eigenvalue weighted by molar-refractivity contribution is -0.137. The van der Waals surface area contributed by atoms with Crippen LogP contribution in [0.2, 0.25) is 0 Å². The molecule has 5 nitrogen and oxygen atoms in total. The normalized spacial score (nSPS) is 18.4. The van der Waals surface area contributed by atoms with Crippen LogP contribution in [0.3, 0.4) is 0 Å². The van der Waals surface area contributed by atoms with E-state index in [1.54, 1.807) is 15.9 Å². The zero-order chi connectivity index (χ0) is 15.0. The summed E-state index contributed by atoms with van der Waals surface area (Å²) in [7, 11) is 0.